The summed E-state index contributed by atoms with van der Waals surface area (Å²) in [4.78, 5) is 0. The van der Waals surface area contributed by atoms with Crippen LogP contribution >= 0.6 is 0 Å². The first-order chi connectivity index (χ1) is 8.19. The van der Waals surface area contributed by atoms with Gasteiger partial charge in [-0.2, -0.15) is 10.5 Å². The highest BCUT2D eigenvalue weighted by Gasteiger charge is 2.12. The van der Waals surface area contributed by atoms with Gasteiger partial charge in [0.1, 0.15) is 28.9 Å². The lowest BCUT2D eigenvalue weighted by Gasteiger charge is -2.08. The Hall–Kier alpha value is -2.79. The van der Waals surface area contributed by atoms with Crippen molar-refractivity contribution in [1.82, 2.24) is 4.57 Å². The quantitative estimate of drug-likeness (QED) is 0.795. The fourth-order valence-electron chi connectivity index (χ4n) is 1.58. The van der Waals surface area contributed by atoms with Crippen molar-refractivity contribution in [2.75, 3.05) is 0 Å². The van der Waals surface area contributed by atoms with Gasteiger partial charge in [-0.1, -0.05) is 0 Å². The van der Waals surface area contributed by atoms with Gasteiger partial charge in [-0.25, -0.2) is 0 Å². The summed E-state index contributed by atoms with van der Waals surface area (Å²) in [5, 5.41) is 25.7. The highest BCUT2D eigenvalue weighted by Crippen LogP contribution is 2.19. The summed E-state index contributed by atoms with van der Waals surface area (Å²) in [7, 11) is 1.65. The maximum Gasteiger partial charge on any atom is 0.150 e. The van der Waals surface area contributed by atoms with Crippen LogP contribution in [0.5, 0.6) is 0 Å². The molecule has 0 aromatic carbocycles. The van der Waals surface area contributed by atoms with Gasteiger partial charge in [0.25, 0.3) is 0 Å². The number of hydrogen-bond acceptors (Lipinski definition) is 4. The van der Waals surface area contributed by atoms with E-state index in [2.05, 4.69) is 0 Å². The van der Waals surface area contributed by atoms with Gasteiger partial charge in [0, 0.05) is 7.05 Å². The van der Waals surface area contributed by atoms with E-state index in [1.165, 1.54) is 10.8 Å². The maximum atomic E-state index is 8.96. The Labute approximate surface area is 97.3 Å². The van der Waals surface area contributed by atoms with E-state index in [1.54, 1.807) is 25.2 Å². The zero-order valence-electron chi connectivity index (χ0n) is 9.06. The van der Waals surface area contributed by atoms with Gasteiger partial charge in [0.05, 0.1) is 17.5 Å². The largest absolute Gasteiger partial charge is 0.463 e. The van der Waals surface area contributed by atoms with Crippen LogP contribution in [0.15, 0.2) is 28.9 Å². The number of nitrogens with one attached hydrogen (secondary N) is 1. The number of aromatic nitrogens is 1. The first kappa shape index (κ1) is 10.7. The van der Waals surface area contributed by atoms with E-state index >= 15 is 0 Å². The normalized spacial score (nSPS) is 9.59. The molecule has 2 heterocycles. The molecule has 0 atom stereocenters. The van der Waals surface area contributed by atoms with Crippen molar-refractivity contribution in [1.29, 1.82) is 15.9 Å². The second-order valence-electron chi connectivity index (χ2n) is 3.43. The smallest absolute Gasteiger partial charge is 0.150 e. The third-order valence-electron chi connectivity index (χ3n) is 2.49. The summed E-state index contributed by atoms with van der Waals surface area (Å²) >= 11 is 0. The molecule has 0 spiro atoms. The van der Waals surface area contributed by atoms with Crippen LogP contribution in [-0.4, -0.2) is 4.57 Å². The molecule has 17 heavy (non-hydrogen) atoms. The average molecular weight is 224 g/mol. The lowest BCUT2D eigenvalue weighted by Crippen LogP contribution is -2.22. The molecule has 82 valence electrons. The summed E-state index contributed by atoms with van der Waals surface area (Å²) in [6.07, 6.45) is 1.52. The summed E-state index contributed by atoms with van der Waals surface area (Å²) in [6.45, 7) is 0. The molecule has 0 bridgehead atoms. The van der Waals surface area contributed by atoms with Crippen molar-refractivity contribution in [3.05, 3.63) is 41.1 Å². The van der Waals surface area contributed by atoms with Crippen LogP contribution in [-0.2, 0) is 7.05 Å². The maximum absolute atomic E-state index is 8.96. The molecule has 0 saturated heterocycles. The molecule has 0 unspecified atom stereocenters. The third-order valence-corrected chi connectivity index (χ3v) is 2.49. The molecular formula is C12H8N4O. The minimum atomic E-state index is -0.00190. The number of rotatable bonds is 1. The highest BCUT2D eigenvalue weighted by atomic mass is 16.3. The summed E-state index contributed by atoms with van der Waals surface area (Å²) in [6, 6.07) is 8.80. The fourth-order valence-corrected chi connectivity index (χ4v) is 1.58. The topological polar surface area (TPSA) is 89.5 Å². The van der Waals surface area contributed by atoms with Gasteiger partial charge in [-0.05, 0) is 18.2 Å². The minimum absolute atomic E-state index is 0.00190. The average Bonchev–Trinajstić information content (AvgIpc) is 2.85. The lowest BCUT2D eigenvalue weighted by atomic mass is 10.1. The van der Waals surface area contributed by atoms with Crippen molar-refractivity contribution < 1.29 is 4.42 Å². The second kappa shape index (κ2) is 3.99. The molecule has 0 aliphatic heterocycles. The van der Waals surface area contributed by atoms with Gasteiger partial charge in [-0.15, -0.1) is 0 Å². The van der Waals surface area contributed by atoms with E-state index < -0.39 is 0 Å². The molecule has 2 aromatic rings. The molecule has 0 aliphatic carbocycles. The Morgan fingerprint density at radius 2 is 2.12 bits per heavy atom. The molecule has 0 aliphatic rings. The summed E-state index contributed by atoms with van der Waals surface area (Å²) < 4.78 is 6.74. The Bertz CT molecular complexity index is 696. The molecule has 1 N–H and O–H groups in total. The first-order valence-corrected chi connectivity index (χ1v) is 4.81. The van der Waals surface area contributed by atoms with Crippen molar-refractivity contribution >= 4 is 0 Å². The Kier molecular flexibility index (Phi) is 2.52. The molecule has 0 fully saturated rings. The van der Waals surface area contributed by atoms with Crippen LogP contribution in [0.2, 0.25) is 0 Å². The Morgan fingerprint density at radius 1 is 1.35 bits per heavy atom. The first-order valence-electron chi connectivity index (χ1n) is 4.81. The van der Waals surface area contributed by atoms with Gasteiger partial charge in [0.2, 0.25) is 0 Å². The number of nitriles is 2. The fraction of sp³-hybridized carbons (Fsp3) is 0.0833. The minimum Gasteiger partial charge on any atom is -0.463 e. The Balaban J connectivity index is 2.83. The number of furan rings is 1. The van der Waals surface area contributed by atoms with Crippen LogP contribution in [0, 0.1) is 28.1 Å². The van der Waals surface area contributed by atoms with Gasteiger partial charge < -0.3 is 8.98 Å². The van der Waals surface area contributed by atoms with E-state index in [0.29, 0.717) is 11.5 Å². The predicted molar refractivity (Wildman–Crippen MR) is 58.4 cm³/mol. The highest BCUT2D eigenvalue weighted by molar-refractivity contribution is 5.58. The van der Waals surface area contributed by atoms with Gasteiger partial charge in [0.15, 0.2) is 0 Å². The van der Waals surface area contributed by atoms with Gasteiger partial charge in [-0.3, -0.25) is 5.41 Å². The molecule has 5 heteroatoms. The zero-order chi connectivity index (χ0) is 12.4. The number of hydrogen-bond donors (Lipinski definition) is 1. The third kappa shape index (κ3) is 1.60. The molecule has 5 nitrogen and oxygen atoms in total. The Morgan fingerprint density at radius 3 is 2.65 bits per heavy atom. The van der Waals surface area contributed by atoms with E-state index in [-0.39, 0.29) is 16.6 Å². The molecule has 0 radical (unpaired) electrons. The predicted octanol–water partition coefficient (Wildman–Crippen LogP) is 1.51. The molecule has 2 aromatic heterocycles. The van der Waals surface area contributed by atoms with Crippen molar-refractivity contribution in [2.24, 2.45) is 7.05 Å². The SMILES string of the molecule is Cn1c(-c2ccco2)cc(C#N)c(C#N)c1=N. The van der Waals surface area contributed by atoms with Crippen LogP contribution in [0.25, 0.3) is 11.5 Å². The zero-order valence-corrected chi connectivity index (χ0v) is 9.06. The lowest BCUT2D eigenvalue weighted by molar-refractivity contribution is 0.574. The second-order valence-corrected chi connectivity index (χ2v) is 3.43. The van der Waals surface area contributed by atoms with Crippen molar-refractivity contribution in [3.8, 4) is 23.6 Å². The molecule has 0 saturated carbocycles. The van der Waals surface area contributed by atoms with E-state index in [1.807, 2.05) is 12.1 Å². The standard InChI is InChI=1S/C12H8N4O/c1-16-10(11-3-2-4-17-11)5-8(6-13)9(7-14)12(16)15/h2-5,15H,1H3. The molecular weight excluding hydrogens is 216 g/mol. The summed E-state index contributed by atoms with van der Waals surface area (Å²) in [5.41, 5.74) is 0.848. The van der Waals surface area contributed by atoms with Crippen LogP contribution in [0.4, 0.5) is 0 Å². The number of pyridine rings is 1. The molecule has 2 rings (SSSR count). The van der Waals surface area contributed by atoms with Gasteiger partial charge >= 0.3 is 0 Å². The van der Waals surface area contributed by atoms with Crippen LogP contribution < -0.4 is 5.49 Å². The van der Waals surface area contributed by atoms with E-state index in [9.17, 15) is 0 Å². The van der Waals surface area contributed by atoms with Crippen molar-refractivity contribution in [2.45, 2.75) is 0 Å². The van der Waals surface area contributed by atoms with E-state index in [0.717, 1.165) is 0 Å². The van der Waals surface area contributed by atoms with E-state index in [4.69, 9.17) is 20.4 Å². The monoisotopic (exact) mass is 224 g/mol. The summed E-state index contributed by atoms with van der Waals surface area (Å²) in [5.74, 6) is 0.557. The van der Waals surface area contributed by atoms with Crippen LogP contribution in [0.3, 0.4) is 0 Å². The van der Waals surface area contributed by atoms with Crippen molar-refractivity contribution in [3.63, 3.8) is 0 Å². The van der Waals surface area contributed by atoms with Crippen LogP contribution in [0.1, 0.15) is 11.1 Å². The molecule has 0 amide bonds. The number of nitrogens with zero attached hydrogens (tertiary/aromatic N) is 3.